The monoisotopic (exact) mass is 603 g/mol. The van der Waals surface area contributed by atoms with Gasteiger partial charge in [0.1, 0.15) is 11.6 Å². The molecule has 0 saturated carbocycles. The van der Waals surface area contributed by atoms with Gasteiger partial charge in [-0.2, -0.15) is 0 Å². The number of halogens is 4. The molecule has 4 rings (SSSR count). The average molecular weight is 605 g/mol. The number of hydrogen-bond acceptors (Lipinski definition) is 5. The Bertz CT molecular complexity index is 1450. The van der Waals surface area contributed by atoms with Gasteiger partial charge in [0.2, 0.25) is 5.91 Å². The lowest BCUT2D eigenvalue weighted by Gasteiger charge is -2.40. The van der Waals surface area contributed by atoms with Crippen molar-refractivity contribution >= 4 is 40.8 Å². The van der Waals surface area contributed by atoms with Crippen LogP contribution >= 0.6 is 23.2 Å². The Balaban J connectivity index is 1.82. The fourth-order valence-corrected chi connectivity index (χ4v) is 5.87. The van der Waals surface area contributed by atoms with Crippen LogP contribution in [0.3, 0.4) is 0 Å². The third kappa shape index (κ3) is 6.41. The van der Waals surface area contributed by atoms with Gasteiger partial charge < -0.3 is 21.1 Å². The van der Waals surface area contributed by atoms with Gasteiger partial charge in [-0.25, -0.2) is 13.6 Å². The zero-order chi connectivity index (χ0) is 30.1. The van der Waals surface area contributed by atoms with Gasteiger partial charge in [0, 0.05) is 28.2 Å². The van der Waals surface area contributed by atoms with Crippen LogP contribution in [0.4, 0.5) is 14.5 Å². The molecule has 0 radical (unpaired) electrons. The number of hydrogen-bond donors (Lipinski definition) is 3. The normalized spacial score (nSPS) is 22.4. The van der Waals surface area contributed by atoms with Crippen LogP contribution in [0.1, 0.15) is 61.5 Å². The van der Waals surface area contributed by atoms with Crippen LogP contribution in [0.2, 0.25) is 10.0 Å². The molecule has 0 bridgehead atoms. The molecule has 4 atom stereocenters. The molecule has 1 amide bonds. The van der Waals surface area contributed by atoms with E-state index in [0.717, 1.165) is 6.07 Å². The summed E-state index contributed by atoms with van der Waals surface area (Å²) in [4.78, 5) is 25.9. The second kappa shape index (κ2) is 12.1. The molecule has 10 heteroatoms. The van der Waals surface area contributed by atoms with Crippen LogP contribution < -0.4 is 16.4 Å². The predicted molar refractivity (Wildman–Crippen MR) is 157 cm³/mol. The first kappa shape index (κ1) is 30.9. The lowest BCUT2D eigenvalue weighted by molar-refractivity contribution is -0.118. The van der Waals surface area contributed by atoms with Crippen molar-refractivity contribution < 1.29 is 23.1 Å². The lowest BCUT2D eigenvalue weighted by Crippen LogP contribution is -2.52. The lowest BCUT2D eigenvalue weighted by atomic mass is 9.68. The van der Waals surface area contributed by atoms with Gasteiger partial charge in [0.15, 0.2) is 0 Å². The standard InChI is InChI=1S/C31H33Cl2F2N3O3/c1-5-41-29(40)17-9-12-19(13-10-17)37-28(39)27-25(20-7-6-8-22(33)26(20)35)31(36,24(38-27)16-30(2,3)4)21-14-11-18(32)15-23(21)34/h6-15,24-25,27,38H,5,16,36H2,1-4H3,(H,37,39)/t24-,25-,27+,31+/m0/s1. The maximum atomic E-state index is 15.7. The van der Waals surface area contributed by atoms with E-state index in [-0.39, 0.29) is 33.2 Å². The Labute approximate surface area is 248 Å². The van der Waals surface area contributed by atoms with E-state index in [1.807, 2.05) is 20.8 Å². The summed E-state index contributed by atoms with van der Waals surface area (Å²) in [6.45, 7) is 7.94. The molecular weight excluding hydrogens is 571 g/mol. The fraction of sp³-hybridized carbons (Fsp3) is 0.355. The summed E-state index contributed by atoms with van der Waals surface area (Å²) in [5, 5.41) is 6.19. The molecule has 41 heavy (non-hydrogen) atoms. The second-order valence-electron chi connectivity index (χ2n) is 11.4. The van der Waals surface area contributed by atoms with Crippen molar-refractivity contribution in [1.82, 2.24) is 5.32 Å². The van der Waals surface area contributed by atoms with Crippen LogP contribution in [-0.2, 0) is 15.1 Å². The van der Waals surface area contributed by atoms with E-state index >= 15 is 8.78 Å². The number of benzene rings is 3. The number of nitrogens with one attached hydrogen (secondary N) is 2. The summed E-state index contributed by atoms with van der Waals surface area (Å²) in [5.74, 6) is -3.47. The molecule has 1 saturated heterocycles. The van der Waals surface area contributed by atoms with Gasteiger partial charge >= 0.3 is 5.97 Å². The number of ether oxygens (including phenoxy) is 1. The highest BCUT2D eigenvalue weighted by molar-refractivity contribution is 6.31. The van der Waals surface area contributed by atoms with Crippen molar-refractivity contribution in [3.8, 4) is 0 Å². The van der Waals surface area contributed by atoms with Crippen LogP contribution in [0.25, 0.3) is 0 Å². The summed E-state index contributed by atoms with van der Waals surface area (Å²) >= 11 is 12.2. The molecule has 0 aliphatic carbocycles. The van der Waals surface area contributed by atoms with Crippen LogP contribution in [0.15, 0.2) is 60.7 Å². The number of rotatable bonds is 7. The molecular formula is C31H33Cl2F2N3O3. The third-order valence-corrected chi connectivity index (χ3v) is 7.81. The van der Waals surface area contributed by atoms with Gasteiger partial charge in [0.25, 0.3) is 0 Å². The molecule has 3 aromatic carbocycles. The number of esters is 1. The Kier molecular flexibility index (Phi) is 9.09. The number of nitrogens with two attached hydrogens (primary N) is 1. The van der Waals surface area contributed by atoms with Gasteiger partial charge in [-0.3, -0.25) is 4.79 Å². The van der Waals surface area contributed by atoms with Gasteiger partial charge in [0.05, 0.1) is 28.8 Å². The molecule has 3 aromatic rings. The minimum absolute atomic E-state index is 0.0797. The van der Waals surface area contributed by atoms with Gasteiger partial charge in [-0.05, 0) is 66.8 Å². The fourth-order valence-electron chi connectivity index (χ4n) is 5.53. The molecule has 1 aliphatic rings. The van der Waals surface area contributed by atoms with E-state index in [9.17, 15) is 9.59 Å². The molecule has 0 unspecified atom stereocenters. The van der Waals surface area contributed by atoms with E-state index in [0.29, 0.717) is 17.7 Å². The molecule has 6 nitrogen and oxygen atoms in total. The number of amides is 1. The summed E-state index contributed by atoms with van der Waals surface area (Å²) in [6, 6.07) is 13.1. The predicted octanol–water partition coefficient (Wildman–Crippen LogP) is 6.80. The van der Waals surface area contributed by atoms with Crippen molar-refractivity contribution in [2.45, 2.75) is 57.7 Å². The first-order valence-electron chi connectivity index (χ1n) is 13.3. The quantitative estimate of drug-likeness (QED) is 0.258. The first-order valence-corrected chi connectivity index (χ1v) is 14.0. The topological polar surface area (TPSA) is 93.4 Å². The SMILES string of the molecule is CCOC(=O)c1ccc(NC(=O)[C@@H]2N[C@@H](CC(C)(C)C)[C@](N)(c3ccc(Cl)cc3F)[C@H]2c2cccc(Cl)c2F)cc1. The molecule has 1 heterocycles. The van der Waals surface area contributed by atoms with Crippen molar-refractivity contribution in [2.24, 2.45) is 11.1 Å². The van der Waals surface area contributed by atoms with Crippen molar-refractivity contribution in [1.29, 1.82) is 0 Å². The van der Waals surface area contributed by atoms with Gasteiger partial charge in [-0.1, -0.05) is 62.2 Å². The highest BCUT2D eigenvalue weighted by Crippen LogP contribution is 2.50. The average Bonchev–Trinajstić information content (AvgIpc) is 3.17. The number of carbonyl (C=O) groups is 2. The Morgan fingerprint density at radius 2 is 1.76 bits per heavy atom. The number of anilines is 1. The largest absolute Gasteiger partial charge is 0.462 e. The van der Waals surface area contributed by atoms with Crippen LogP contribution in [-0.4, -0.2) is 30.6 Å². The Hall–Kier alpha value is -3.04. The summed E-state index contributed by atoms with van der Waals surface area (Å²) in [5.41, 5.74) is 6.22. The first-order chi connectivity index (χ1) is 19.3. The molecule has 1 fully saturated rings. The van der Waals surface area contributed by atoms with E-state index in [1.165, 1.54) is 36.4 Å². The zero-order valence-electron chi connectivity index (χ0n) is 23.2. The van der Waals surface area contributed by atoms with E-state index < -0.39 is 47.1 Å². The highest BCUT2D eigenvalue weighted by Gasteiger charge is 2.58. The molecule has 4 N–H and O–H groups in total. The summed E-state index contributed by atoms with van der Waals surface area (Å²) in [6.07, 6.45) is 0.433. The van der Waals surface area contributed by atoms with Gasteiger partial charge in [-0.15, -0.1) is 0 Å². The van der Waals surface area contributed by atoms with Crippen LogP contribution in [0.5, 0.6) is 0 Å². The minimum atomic E-state index is -1.58. The second-order valence-corrected chi connectivity index (χ2v) is 12.3. The summed E-state index contributed by atoms with van der Waals surface area (Å²) in [7, 11) is 0. The van der Waals surface area contributed by atoms with Crippen molar-refractivity contribution in [3.05, 3.63) is 99.0 Å². The Morgan fingerprint density at radius 1 is 1.07 bits per heavy atom. The number of carbonyl (C=O) groups excluding carboxylic acids is 2. The van der Waals surface area contributed by atoms with Crippen molar-refractivity contribution in [2.75, 3.05) is 11.9 Å². The smallest absolute Gasteiger partial charge is 0.338 e. The Morgan fingerprint density at radius 3 is 2.37 bits per heavy atom. The van der Waals surface area contributed by atoms with E-state index in [1.54, 1.807) is 25.1 Å². The van der Waals surface area contributed by atoms with E-state index in [4.69, 9.17) is 33.7 Å². The summed E-state index contributed by atoms with van der Waals surface area (Å²) < 4.78 is 36.3. The molecule has 1 aliphatic heterocycles. The van der Waals surface area contributed by atoms with Crippen molar-refractivity contribution in [3.63, 3.8) is 0 Å². The maximum Gasteiger partial charge on any atom is 0.338 e. The molecule has 218 valence electrons. The zero-order valence-corrected chi connectivity index (χ0v) is 24.7. The van der Waals surface area contributed by atoms with Crippen LogP contribution in [0, 0.1) is 17.0 Å². The maximum absolute atomic E-state index is 15.7. The molecule has 0 spiro atoms. The highest BCUT2D eigenvalue weighted by atomic mass is 35.5. The third-order valence-electron chi connectivity index (χ3n) is 7.28. The van der Waals surface area contributed by atoms with E-state index in [2.05, 4.69) is 10.6 Å². The molecule has 0 aromatic heterocycles. The minimum Gasteiger partial charge on any atom is -0.462 e.